The van der Waals surface area contributed by atoms with Crippen LogP contribution in [-0.4, -0.2) is 0 Å². The molecule has 22 rings (SSSR count). The number of nitrogens with zero attached hydrogens (tertiary/aromatic N) is 1. The Morgan fingerprint density at radius 3 is 0.886 bits per heavy atom. The number of fused-ring (bicyclic) bond motifs is 32. The van der Waals surface area contributed by atoms with E-state index in [-0.39, 0.29) is 10.8 Å². The molecule has 0 aromatic heterocycles. The van der Waals surface area contributed by atoms with Crippen molar-refractivity contribution in [1.29, 1.82) is 0 Å². The Balaban J connectivity index is 0.000000120. The Morgan fingerprint density at radius 1 is 0.181 bits per heavy atom. The average molecular weight is 1340 g/mol. The Kier molecular flexibility index (Phi) is 14.2. The summed E-state index contributed by atoms with van der Waals surface area (Å²) in [5.41, 5.74) is 33.2. The molecule has 0 bridgehead atoms. The van der Waals surface area contributed by atoms with E-state index in [4.69, 9.17) is 0 Å². The second-order valence-corrected chi connectivity index (χ2v) is 29.4. The van der Waals surface area contributed by atoms with Crippen molar-refractivity contribution in [2.45, 2.75) is 45.4 Å². The summed E-state index contributed by atoms with van der Waals surface area (Å²) >= 11 is 0. The maximum absolute atomic E-state index is 3.39. The van der Waals surface area contributed by atoms with Crippen LogP contribution >= 0.6 is 0 Å². The fraction of sp³-hybridized carbons (Fsp3) is 0.0680. The lowest BCUT2D eigenvalue weighted by Gasteiger charge is -2.30. The summed E-state index contributed by atoms with van der Waals surface area (Å²) in [4.78, 5) is 2.39. The molecule has 0 heterocycles. The molecule has 0 amide bonds. The molecule has 0 saturated heterocycles. The summed E-state index contributed by atoms with van der Waals surface area (Å²) in [5, 5.41) is 19.1. The third kappa shape index (κ3) is 9.42. The third-order valence-corrected chi connectivity index (χ3v) is 23.2. The van der Waals surface area contributed by atoms with E-state index < -0.39 is 0 Å². The summed E-state index contributed by atoms with van der Waals surface area (Å²) in [6.45, 7) is 10.7. The molecule has 4 aliphatic rings. The zero-order valence-corrected chi connectivity index (χ0v) is 59.4. The van der Waals surface area contributed by atoms with Crippen LogP contribution in [-0.2, 0) is 10.8 Å². The van der Waals surface area contributed by atoms with Crippen molar-refractivity contribution in [2.75, 3.05) is 10.2 Å². The normalized spacial score (nSPS) is 13.2. The second-order valence-electron chi connectivity index (χ2n) is 29.4. The number of hydrogen-bond donors (Lipinski definition) is 1. The monoisotopic (exact) mass is 1340 g/mol. The van der Waals surface area contributed by atoms with Crippen molar-refractivity contribution in [1.82, 2.24) is 0 Å². The van der Waals surface area contributed by atoms with E-state index in [0.29, 0.717) is 0 Å². The minimum atomic E-state index is -0.376. The molecule has 18 aromatic carbocycles. The molecule has 2 spiro atoms. The fourth-order valence-electron chi connectivity index (χ4n) is 18.8. The third-order valence-electron chi connectivity index (χ3n) is 23.2. The fourth-order valence-corrected chi connectivity index (χ4v) is 18.8. The largest absolute Gasteiger partial charge is 0.356 e. The maximum atomic E-state index is 3.39. The Morgan fingerprint density at radius 2 is 0.476 bits per heavy atom. The molecule has 496 valence electrons. The van der Waals surface area contributed by atoms with Crippen molar-refractivity contribution in [2.24, 2.45) is 0 Å². The lowest BCUT2D eigenvalue weighted by molar-refractivity contribution is 0.795. The molecule has 0 unspecified atom stereocenters. The van der Waals surface area contributed by atoms with Gasteiger partial charge in [0.2, 0.25) is 0 Å². The van der Waals surface area contributed by atoms with E-state index >= 15 is 0 Å². The van der Waals surface area contributed by atoms with Crippen LogP contribution < -0.4 is 10.2 Å². The number of nitrogens with one attached hydrogen (secondary N) is 1. The summed E-state index contributed by atoms with van der Waals surface area (Å²) in [6, 6.07) is 131. The van der Waals surface area contributed by atoms with Gasteiger partial charge in [-0.3, -0.25) is 0 Å². The van der Waals surface area contributed by atoms with Gasteiger partial charge in [0.25, 0.3) is 0 Å². The van der Waals surface area contributed by atoms with E-state index in [9.17, 15) is 0 Å². The van der Waals surface area contributed by atoms with Crippen LogP contribution in [0.3, 0.4) is 0 Å². The van der Waals surface area contributed by atoms with Crippen molar-refractivity contribution >= 4 is 93.1 Å². The van der Waals surface area contributed by atoms with Gasteiger partial charge in [0.1, 0.15) is 0 Å². The van der Waals surface area contributed by atoms with E-state index in [1.807, 2.05) is 0 Å². The lowest BCUT2D eigenvalue weighted by atomic mass is 9.70. The second kappa shape index (κ2) is 24.1. The van der Waals surface area contributed by atoms with Crippen LogP contribution in [0.5, 0.6) is 0 Å². The van der Waals surface area contributed by atoms with Gasteiger partial charge in [0.05, 0.1) is 10.8 Å². The summed E-state index contributed by atoms with van der Waals surface area (Å²) in [6.07, 6.45) is 0. The molecule has 0 fully saturated rings. The quantitative estimate of drug-likeness (QED) is 0.173. The Labute approximate surface area is 613 Å². The van der Waals surface area contributed by atoms with Crippen molar-refractivity contribution in [3.8, 4) is 44.5 Å². The highest BCUT2D eigenvalue weighted by Gasteiger charge is 2.53. The number of anilines is 5. The van der Waals surface area contributed by atoms with Crippen molar-refractivity contribution in [3.63, 3.8) is 0 Å². The van der Waals surface area contributed by atoms with Gasteiger partial charge in [-0.25, -0.2) is 0 Å². The van der Waals surface area contributed by atoms with E-state index in [1.54, 1.807) is 0 Å². The van der Waals surface area contributed by atoms with E-state index in [2.05, 4.69) is 397 Å². The number of aryl methyl sites for hydroxylation is 5. The SMILES string of the molecule is Cc1ccc(N(c2cccc(C)c2)c2ccc3c(c2)c2ccccc2c2cc4c(cc32)C2(c3ccccc3-c3ccccc32)c2ccccc2-4)cc1.Cc1ccc2c(c1)c1ccccc1c1cc3c(cc21)C1(c2ccccc2-c2ccccc21)c1ccccc1-3.Cc1cccc(Nc2cccc(C)c2)c1. The van der Waals surface area contributed by atoms with Crippen LogP contribution in [0.1, 0.15) is 72.3 Å². The van der Waals surface area contributed by atoms with Gasteiger partial charge in [-0.1, -0.05) is 278 Å². The Hall–Kier alpha value is -12.9. The van der Waals surface area contributed by atoms with Crippen molar-refractivity contribution in [3.05, 3.63) is 424 Å². The first-order valence-corrected chi connectivity index (χ1v) is 36.9. The average Bonchev–Trinajstić information content (AvgIpc) is 1.51. The van der Waals surface area contributed by atoms with Crippen LogP contribution in [0.4, 0.5) is 28.4 Å². The van der Waals surface area contributed by atoms with Gasteiger partial charge in [0.15, 0.2) is 0 Å². The molecule has 18 aromatic rings. The molecule has 0 radical (unpaired) electrons. The number of benzene rings is 18. The first-order valence-electron chi connectivity index (χ1n) is 36.9. The van der Waals surface area contributed by atoms with Crippen LogP contribution in [0.2, 0.25) is 0 Å². The van der Waals surface area contributed by atoms with Gasteiger partial charge in [0, 0.05) is 28.4 Å². The smallest absolute Gasteiger partial charge is 0.0725 e. The van der Waals surface area contributed by atoms with Gasteiger partial charge < -0.3 is 10.2 Å². The molecule has 105 heavy (non-hydrogen) atoms. The molecule has 0 aliphatic heterocycles. The molecule has 2 nitrogen and oxygen atoms in total. The summed E-state index contributed by atoms with van der Waals surface area (Å²) < 4.78 is 0. The summed E-state index contributed by atoms with van der Waals surface area (Å²) in [7, 11) is 0. The highest BCUT2D eigenvalue weighted by atomic mass is 15.1. The molecule has 0 atom stereocenters. The van der Waals surface area contributed by atoms with Gasteiger partial charge in [-0.05, 0) is 290 Å². The van der Waals surface area contributed by atoms with Crippen molar-refractivity contribution < 1.29 is 0 Å². The molecule has 0 saturated carbocycles. The van der Waals surface area contributed by atoms with Gasteiger partial charge >= 0.3 is 0 Å². The predicted molar refractivity (Wildman–Crippen MR) is 445 cm³/mol. The molecule has 1 N–H and O–H groups in total. The highest BCUT2D eigenvalue weighted by molar-refractivity contribution is 6.28. The standard InChI is InChI=1S/C51H35N.C38H24.C14H15N/c1-32-22-24-34(25-23-32)52(35-13-11-12-33(2)28-35)36-26-27-39-43(29-36)37-14-3-4-15-38(37)44-30-46-42-18-7-10-21-49(42)51(50(46)31-45(39)44)47-19-8-5-16-40(47)41-17-6-9-20-48(41)51;1-23-18-19-26-30(20-23)24-10-2-3-11-25(24)31-21-33-29-14-6-9-17-36(29)38(37(33)22-32(26)31)34-15-7-4-12-27(34)28-13-5-8-16-35(28)38;1-11-5-3-7-13(9-11)15-14-8-4-6-12(2)10-14/h3-31H,1-2H3;2-22H,1H3;3-10,15H,1-2H3. The van der Waals surface area contributed by atoms with Crippen LogP contribution in [0, 0.1) is 34.6 Å². The predicted octanol–water partition coefficient (Wildman–Crippen LogP) is 27.4. The maximum Gasteiger partial charge on any atom is 0.0725 e. The number of rotatable bonds is 5. The van der Waals surface area contributed by atoms with Gasteiger partial charge in [-0.15, -0.1) is 0 Å². The van der Waals surface area contributed by atoms with E-state index in [1.165, 1.54) is 181 Å². The molecular formula is C103H74N2. The minimum Gasteiger partial charge on any atom is -0.356 e. The van der Waals surface area contributed by atoms with Crippen LogP contribution in [0.25, 0.3) is 109 Å². The molecule has 4 aliphatic carbocycles. The highest BCUT2D eigenvalue weighted by Crippen LogP contribution is 2.66. The minimum absolute atomic E-state index is 0.310. The first-order chi connectivity index (χ1) is 51.6. The van der Waals surface area contributed by atoms with Crippen LogP contribution in [0.15, 0.2) is 352 Å². The number of hydrogen-bond acceptors (Lipinski definition) is 2. The topological polar surface area (TPSA) is 15.3 Å². The zero-order valence-electron chi connectivity index (χ0n) is 59.4. The summed E-state index contributed by atoms with van der Waals surface area (Å²) in [5.74, 6) is 0. The first kappa shape index (κ1) is 61.9. The molecule has 2 heteroatoms. The van der Waals surface area contributed by atoms with Gasteiger partial charge in [-0.2, -0.15) is 0 Å². The van der Waals surface area contributed by atoms with E-state index in [0.717, 1.165) is 28.4 Å². The lowest BCUT2D eigenvalue weighted by Crippen LogP contribution is -2.25. The molecular weight excluding hydrogens is 1270 g/mol. The Bertz CT molecular complexity index is 6510. The zero-order chi connectivity index (χ0) is 70.2.